The van der Waals surface area contributed by atoms with Crippen LogP contribution in [0.25, 0.3) is 43.8 Å². The molecule has 3 N–H and O–H groups in total. The molecule has 2 heteroatoms. The van der Waals surface area contributed by atoms with Crippen LogP contribution >= 0.6 is 0 Å². The number of nitrogens with two attached hydrogens (primary N) is 1. The third-order valence-electron chi connectivity index (χ3n) is 5.32. The first-order chi connectivity index (χ1) is 13.7. The molecule has 0 atom stereocenters. The number of rotatable bonds is 2. The van der Waals surface area contributed by atoms with Crippen LogP contribution in [0.1, 0.15) is 0 Å². The van der Waals surface area contributed by atoms with Gasteiger partial charge < -0.3 is 10.8 Å². The minimum absolute atomic E-state index is 0.237. The summed E-state index contributed by atoms with van der Waals surface area (Å²) in [6.45, 7) is 0. The maximum atomic E-state index is 10.9. The van der Waals surface area contributed by atoms with Crippen LogP contribution < -0.4 is 5.73 Å². The van der Waals surface area contributed by atoms with Gasteiger partial charge in [-0.1, -0.05) is 78.9 Å². The molecule has 0 saturated carbocycles. The van der Waals surface area contributed by atoms with Gasteiger partial charge in [-0.05, 0) is 50.9 Å². The number of benzene rings is 5. The molecule has 0 saturated heterocycles. The van der Waals surface area contributed by atoms with Crippen molar-refractivity contribution in [1.29, 1.82) is 0 Å². The lowest BCUT2D eigenvalue weighted by Crippen LogP contribution is -1.93. The minimum Gasteiger partial charge on any atom is -0.507 e. The van der Waals surface area contributed by atoms with E-state index in [1.807, 2.05) is 48.5 Å². The van der Waals surface area contributed by atoms with Crippen molar-refractivity contribution in [1.82, 2.24) is 0 Å². The molecule has 0 unspecified atom stereocenters. The maximum Gasteiger partial charge on any atom is 0.124 e. The van der Waals surface area contributed by atoms with Gasteiger partial charge in [0, 0.05) is 16.8 Å². The Morgan fingerprint density at radius 2 is 1.21 bits per heavy atom. The Hall–Kier alpha value is -3.78. The second-order valence-corrected chi connectivity index (χ2v) is 7.01. The van der Waals surface area contributed by atoms with E-state index in [4.69, 9.17) is 5.73 Å². The Balaban J connectivity index is 1.88. The van der Waals surface area contributed by atoms with E-state index >= 15 is 0 Å². The van der Waals surface area contributed by atoms with Gasteiger partial charge in [-0.15, -0.1) is 0 Å². The molecule has 0 aliphatic carbocycles. The average molecular weight is 361 g/mol. The third-order valence-corrected chi connectivity index (χ3v) is 5.32. The van der Waals surface area contributed by atoms with Gasteiger partial charge in [-0.2, -0.15) is 0 Å². The fraction of sp³-hybridized carbons (Fsp3) is 0. The fourth-order valence-corrected chi connectivity index (χ4v) is 3.95. The molecular formula is C26H19NO. The monoisotopic (exact) mass is 361 g/mol. The second kappa shape index (κ2) is 6.43. The molecule has 5 rings (SSSR count). The predicted molar refractivity (Wildman–Crippen MR) is 118 cm³/mol. The van der Waals surface area contributed by atoms with Gasteiger partial charge in [0.25, 0.3) is 0 Å². The Kier molecular flexibility index (Phi) is 3.77. The Morgan fingerprint density at radius 1 is 0.536 bits per heavy atom. The summed E-state index contributed by atoms with van der Waals surface area (Å²) in [4.78, 5) is 0. The van der Waals surface area contributed by atoms with Crippen LogP contribution in [0, 0.1) is 0 Å². The average Bonchev–Trinajstić information content (AvgIpc) is 2.75. The topological polar surface area (TPSA) is 46.2 Å². The van der Waals surface area contributed by atoms with Gasteiger partial charge in [-0.3, -0.25) is 0 Å². The normalized spacial score (nSPS) is 11.1. The molecule has 28 heavy (non-hydrogen) atoms. The Bertz CT molecular complexity index is 1320. The summed E-state index contributed by atoms with van der Waals surface area (Å²) in [6, 6.07) is 32.4. The van der Waals surface area contributed by atoms with Gasteiger partial charge in [0.1, 0.15) is 5.75 Å². The van der Waals surface area contributed by atoms with Gasteiger partial charge in [0.2, 0.25) is 0 Å². The first kappa shape index (κ1) is 16.4. The molecule has 0 aromatic heterocycles. The summed E-state index contributed by atoms with van der Waals surface area (Å²) in [7, 11) is 0. The first-order valence-electron chi connectivity index (χ1n) is 9.31. The van der Waals surface area contributed by atoms with E-state index in [0.717, 1.165) is 43.8 Å². The molecule has 0 spiro atoms. The molecule has 0 fully saturated rings. The zero-order valence-electron chi connectivity index (χ0n) is 15.3. The lowest BCUT2D eigenvalue weighted by molar-refractivity contribution is 0.478. The number of phenolic OH excluding ortho intramolecular Hbond substituents is 1. The lowest BCUT2D eigenvalue weighted by atomic mass is 9.90. The molecule has 0 aliphatic heterocycles. The van der Waals surface area contributed by atoms with Crippen molar-refractivity contribution in [3.63, 3.8) is 0 Å². The summed E-state index contributed by atoms with van der Waals surface area (Å²) < 4.78 is 0. The third kappa shape index (κ3) is 2.58. The Labute approximate surface area is 163 Å². The largest absolute Gasteiger partial charge is 0.507 e. The highest BCUT2D eigenvalue weighted by Crippen LogP contribution is 2.43. The highest BCUT2D eigenvalue weighted by Gasteiger charge is 2.16. The zero-order chi connectivity index (χ0) is 19.1. The van der Waals surface area contributed by atoms with Gasteiger partial charge in [-0.25, -0.2) is 0 Å². The molecule has 134 valence electrons. The van der Waals surface area contributed by atoms with Crippen molar-refractivity contribution in [3.05, 3.63) is 97.1 Å². The number of fused-ring (bicyclic) bond motifs is 2. The van der Waals surface area contributed by atoms with Crippen LogP contribution in [-0.4, -0.2) is 5.11 Å². The van der Waals surface area contributed by atoms with E-state index in [-0.39, 0.29) is 5.75 Å². The second-order valence-electron chi connectivity index (χ2n) is 7.01. The standard InChI is InChI=1S/C26H19NO/c27-23-14-12-18-8-4-5-9-21(18)25(23)26-22-16-20(17-6-2-1-3-7-17)11-10-19(22)13-15-24(26)28/h1-16,28H,27H2. The first-order valence-corrected chi connectivity index (χ1v) is 9.31. The lowest BCUT2D eigenvalue weighted by Gasteiger charge is -2.15. The fourth-order valence-electron chi connectivity index (χ4n) is 3.95. The summed E-state index contributed by atoms with van der Waals surface area (Å²) in [5, 5.41) is 15.0. The van der Waals surface area contributed by atoms with Gasteiger partial charge in [0.15, 0.2) is 0 Å². The van der Waals surface area contributed by atoms with Gasteiger partial charge in [0.05, 0.1) is 0 Å². The van der Waals surface area contributed by atoms with Crippen molar-refractivity contribution in [2.24, 2.45) is 0 Å². The molecule has 5 aromatic carbocycles. The molecular weight excluding hydrogens is 342 g/mol. The van der Waals surface area contributed by atoms with Crippen molar-refractivity contribution < 1.29 is 5.11 Å². The predicted octanol–water partition coefficient (Wildman–Crippen LogP) is 6.61. The number of aromatic hydroxyl groups is 1. The van der Waals surface area contributed by atoms with Crippen LogP contribution in [0.4, 0.5) is 5.69 Å². The molecule has 0 radical (unpaired) electrons. The summed E-state index contributed by atoms with van der Waals surface area (Å²) in [6.07, 6.45) is 0. The van der Waals surface area contributed by atoms with Crippen LogP contribution in [-0.2, 0) is 0 Å². The van der Waals surface area contributed by atoms with Gasteiger partial charge >= 0.3 is 0 Å². The molecule has 5 aromatic rings. The number of hydrogen-bond donors (Lipinski definition) is 2. The molecule has 0 amide bonds. The molecule has 0 bridgehead atoms. The molecule has 0 heterocycles. The SMILES string of the molecule is Nc1ccc2ccccc2c1-c1c(O)ccc2ccc(-c3ccccc3)cc12. The summed E-state index contributed by atoms with van der Waals surface area (Å²) >= 11 is 0. The van der Waals surface area contributed by atoms with E-state index in [9.17, 15) is 5.11 Å². The maximum absolute atomic E-state index is 10.9. The van der Waals surface area contributed by atoms with Crippen LogP contribution in [0.15, 0.2) is 97.1 Å². The Morgan fingerprint density at radius 3 is 2.07 bits per heavy atom. The van der Waals surface area contributed by atoms with E-state index in [1.54, 1.807) is 6.07 Å². The highest BCUT2D eigenvalue weighted by molar-refractivity contribution is 6.11. The van der Waals surface area contributed by atoms with E-state index in [2.05, 4.69) is 42.5 Å². The van der Waals surface area contributed by atoms with Crippen molar-refractivity contribution >= 4 is 27.2 Å². The van der Waals surface area contributed by atoms with Crippen molar-refractivity contribution in [3.8, 4) is 28.0 Å². The quantitative estimate of drug-likeness (QED) is 0.347. The smallest absolute Gasteiger partial charge is 0.124 e. The van der Waals surface area contributed by atoms with Crippen LogP contribution in [0.2, 0.25) is 0 Å². The number of phenols is 1. The zero-order valence-corrected chi connectivity index (χ0v) is 15.3. The van der Waals surface area contributed by atoms with Crippen molar-refractivity contribution in [2.45, 2.75) is 0 Å². The molecule has 2 nitrogen and oxygen atoms in total. The molecule has 0 aliphatic rings. The van der Waals surface area contributed by atoms with Crippen LogP contribution in [0.3, 0.4) is 0 Å². The van der Waals surface area contributed by atoms with E-state index in [0.29, 0.717) is 5.69 Å². The van der Waals surface area contributed by atoms with E-state index < -0.39 is 0 Å². The minimum atomic E-state index is 0.237. The van der Waals surface area contributed by atoms with Crippen molar-refractivity contribution in [2.75, 3.05) is 5.73 Å². The van der Waals surface area contributed by atoms with E-state index in [1.165, 1.54) is 0 Å². The van der Waals surface area contributed by atoms with Crippen LogP contribution in [0.5, 0.6) is 5.75 Å². The summed E-state index contributed by atoms with van der Waals surface area (Å²) in [5.41, 5.74) is 11.0. The number of anilines is 1. The number of nitrogen functional groups attached to an aromatic ring is 1. The summed E-state index contributed by atoms with van der Waals surface area (Å²) in [5.74, 6) is 0.237. The number of hydrogen-bond acceptors (Lipinski definition) is 2. The highest BCUT2D eigenvalue weighted by atomic mass is 16.3.